The zero-order valence-electron chi connectivity index (χ0n) is 14.7. The summed E-state index contributed by atoms with van der Waals surface area (Å²) in [5.74, 6) is 1.01. The van der Waals surface area contributed by atoms with Crippen LogP contribution < -0.4 is 14.8 Å². The van der Waals surface area contributed by atoms with Gasteiger partial charge in [0.1, 0.15) is 4.32 Å². The van der Waals surface area contributed by atoms with E-state index >= 15 is 0 Å². The molecular formula is C20H16N2O4S2. The van der Waals surface area contributed by atoms with E-state index in [1.807, 2.05) is 24.3 Å². The molecular weight excluding hydrogens is 396 g/mol. The molecule has 1 fully saturated rings. The molecule has 2 heterocycles. The molecule has 6 nitrogen and oxygen atoms in total. The Hall–Kier alpha value is -2.84. The summed E-state index contributed by atoms with van der Waals surface area (Å²) < 4.78 is 11.1. The largest absolute Gasteiger partial charge is 0.454 e. The molecule has 2 aromatic carbocycles. The van der Waals surface area contributed by atoms with E-state index in [1.165, 1.54) is 16.7 Å². The third kappa shape index (κ3) is 3.88. The third-order valence-electron chi connectivity index (χ3n) is 4.22. The standard InChI is InChI=1S/C20H16N2O4S2/c23-18(14-4-2-1-3-5-14)21-8-9-22-19(24)17(28-20(22)27)11-13-6-7-15-16(10-13)26-12-25-15/h1-7,10-11H,8-9,12H2,(H,21,23). The maximum absolute atomic E-state index is 12.7. The van der Waals surface area contributed by atoms with Gasteiger partial charge in [0.25, 0.3) is 11.8 Å². The fourth-order valence-electron chi connectivity index (χ4n) is 2.82. The van der Waals surface area contributed by atoms with Gasteiger partial charge in [-0.25, -0.2) is 0 Å². The summed E-state index contributed by atoms with van der Waals surface area (Å²) in [6.45, 7) is 0.842. The van der Waals surface area contributed by atoms with Crippen molar-refractivity contribution in [2.75, 3.05) is 19.9 Å². The van der Waals surface area contributed by atoms with Gasteiger partial charge in [-0.3, -0.25) is 14.5 Å². The zero-order chi connectivity index (χ0) is 19.5. The van der Waals surface area contributed by atoms with Crippen molar-refractivity contribution >= 4 is 46.2 Å². The van der Waals surface area contributed by atoms with Crippen LogP contribution >= 0.6 is 24.0 Å². The van der Waals surface area contributed by atoms with Crippen LogP contribution in [0.2, 0.25) is 0 Å². The molecule has 2 aliphatic rings. The first-order chi connectivity index (χ1) is 13.6. The number of ether oxygens (including phenoxy) is 2. The fraction of sp³-hybridized carbons (Fsp3) is 0.150. The molecule has 0 saturated carbocycles. The van der Waals surface area contributed by atoms with Crippen LogP contribution in [-0.2, 0) is 4.79 Å². The monoisotopic (exact) mass is 412 g/mol. The Morgan fingerprint density at radius 2 is 1.96 bits per heavy atom. The molecule has 4 rings (SSSR count). The van der Waals surface area contributed by atoms with Gasteiger partial charge in [-0.1, -0.05) is 48.2 Å². The molecule has 0 radical (unpaired) electrons. The summed E-state index contributed by atoms with van der Waals surface area (Å²) in [6, 6.07) is 14.4. The van der Waals surface area contributed by atoms with Crippen LogP contribution in [0, 0.1) is 0 Å². The summed E-state index contributed by atoms with van der Waals surface area (Å²) in [6.07, 6.45) is 1.78. The van der Waals surface area contributed by atoms with Crippen molar-refractivity contribution in [2.45, 2.75) is 0 Å². The van der Waals surface area contributed by atoms with Crippen molar-refractivity contribution in [3.8, 4) is 11.5 Å². The highest BCUT2D eigenvalue weighted by atomic mass is 32.2. The SMILES string of the molecule is O=C(NCCN1C(=O)C(=Cc2ccc3c(c2)OCO3)SC1=S)c1ccccc1. The normalized spacial score (nSPS) is 16.7. The first-order valence-electron chi connectivity index (χ1n) is 8.60. The van der Waals surface area contributed by atoms with E-state index in [9.17, 15) is 9.59 Å². The first kappa shape index (κ1) is 18.5. The van der Waals surface area contributed by atoms with E-state index < -0.39 is 0 Å². The second kappa shape index (κ2) is 8.04. The molecule has 1 saturated heterocycles. The number of carbonyl (C=O) groups excluding carboxylic acids is 2. The lowest BCUT2D eigenvalue weighted by Gasteiger charge is -2.14. The molecule has 0 atom stereocenters. The summed E-state index contributed by atoms with van der Waals surface area (Å²) in [5.41, 5.74) is 1.41. The quantitative estimate of drug-likeness (QED) is 0.601. The van der Waals surface area contributed by atoms with Gasteiger partial charge >= 0.3 is 0 Å². The molecule has 0 aliphatic carbocycles. The summed E-state index contributed by atoms with van der Waals surface area (Å²) in [4.78, 5) is 26.8. The lowest BCUT2D eigenvalue weighted by atomic mass is 10.2. The third-order valence-corrected chi connectivity index (χ3v) is 5.60. The maximum atomic E-state index is 12.7. The fourth-order valence-corrected chi connectivity index (χ4v) is 4.13. The molecule has 8 heteroatoms. The second-order valence-corrected chi connectivity index (χ2v) is 7.74. The number of fused-ring (bicyclic) bond motifs is 1. The molecule has 0 unspecified atom stereocenters. The second-order valence-electron chi connectivity index (χ2n) is 6.07. The number of rotatable bonds is 5. The number of nitrogens with one attached hydrogen (secondary N) is 1. The van der Waals surface area contributed by atoms with Gasteiger partial charge in [-0.15, -0.1) is 0 Å². The molecule has 0 spiro atoms. The number of hydrogen-bond acceptors (Lipinski definition) is 6. The maximum Gasteiger partial charge on any atom is 0.266 e. The van der Waals surface area contributed by atoms with E-state index in [1.54, 1.807) is 30.3 Å². The van der Waals surface area contributed by atoms with Gasteiger partial charge in [0, 0.05) is 18.7 Å². The molecule has 0 aromatic heterocycles. The Labute approximate surface area is 171 Å². The lowest BCUT2D eigenvalue weighted by Crippen LogP contribution is -2.37. The van der Waals surface area contributed by atoms with Crippen LogP contribution in [0.15, 0.2) is 53.4 Å². The zero-order valence-corrected chi connectivity index (χ0v) is 16.3. The number of hydrogen-bond donors (Lipinski definition) is 1. The topological polar surface area (TPSA) is 67.9 Å². The summed E-state index contributed by atoms with van der Waals surface area (Å²) >= 11 is 6.58. The van der Waals surface area contributed by atoms with Crippen molar-refractivity contribution < 1.29 is 19.1 Å². The van der Waals surface area contributed by atoms with Crippen molar-refractivity contribution in [1.82, 2.24) is 10.2 Å². The highest BCUT2D eigenvalue weighted by Gasteiger charge is 2.31. The number of amides is 2. The predicted octanol–water partition coefficient (Wildman–Crippen LogP) is 3.05. The van der Waals surface area contributed by atoms with Crippen LogP contribution in [-0.4, -0.2) is 40.9 Å². The molecule has 1 N–H and O–H groups in total. The van der Waals surface area contributed by atoms with Gasteiger partial charge in [0.15, 0.2) is 11.5 Å². The van der Waals surface area contributed by atoms with Crippen LogP contribution in [0.25, 0.3) is 6.08 Å². The van der Waals surface area contributed by atoms with Crippen molar-refractivity contribution in [2.24, 2.45) is 0 Å². The van der Waals surface area contributed by atoms with Gasteiger partial charge in [0.2, 0.25) is 6.79 Å². The van der Waals surface area contributed by atoms with Crippen molar-refractivity contribution in [3.63, 3.8) is 0 Å². The number of benzene rings is 2. The predicted molar refractivity (Wildman–Crippen MR) is 111 cm³/mol. The molecule has 0 bridgehead atoms. The molecule has 2 aromatic rings. The van der Waals surface area contributed by atoms with E-state index in [-0.39, 0.29) is 18.6 Å². The van der Waals surface area contributed by atoms with E-state index in [4.69, 9.17) is 21.7 Å². The van der Waals surface area contributed by atoms with E-state index in [0.717, 1.165) is 5.56 Å². The Morgan fingerprint density at radius 3 is 2.79 bits per heavy atom. The average Bonchev–Trinajstić information content (AvgIpc) is 3.28. The Bertz CT molecular complexity index is 975. The minimum atomic E-state index is -0.179. The van der Waals surface area contributed by atoms with E-state index in [0.29, 0.717) is 39.4 Å². The number of thiocarbonyl (C=S) groups is 1. The number of nitrogens with zero attached hydrogens (tertiary/aromatic N) is 1. The molecule has 28 heavy (non-hydrogen) atoms. The van der Waals surface area contributed by atoms with Crippen LogP contribution in [0.4, 0.5) is 0 Å². The highest BCUT2D eigenvalue weighted by molar-refractivity contribution is 8.26. The number of carbonyl (C=O) groups is 2. The summed E-state index contributed by atoms with van der Waals surface area (Å²) in [7, 11) is 0. The Morgan fingerprint density at radius 1 is 1.18 bits per heavy atom. The minimum absolute atomic E-state index is 0.165. The minimum Gasteiger partial charge on any atom is -0.454 e. The average molecular weight is 412 g/mol. The Kier molecular flexibility index (Phi) is 5.31. The van der Waals surface area contributed by atoms with Crippen LogP contribution in [0.5, 0.6) is 11.5 Å². The van der Waals surface area contributed by atoms with Gasteiger partial charge in [0.05, 0.1) is 4.91 Å². The molecule has 142 valence electrons. The van der Waals surface area contributed by atoms with Gasteiger partial charge in [-0.2, -0.15) is 0 Å². The van der Waals surface area contributed by atoms with Gasteiger partial charge in [-0.05, 0) is 35.9 Å². The van der Waals surface area contributed by atoms with Crippen molar-refractivity contribution in [1.29, 1.82) is 0 Å². The van der Waals surface area contributed by atoms with E-state index in [2.05, 4.69) is 5.32 Å². The smallest absolute Gasteiger partial charge is 0.266 e. The van der Waals surface area contributed by atoms with Crippen LogP contribution in [0.1, 0.15) is 15.9 Å². The van der Waals surface area contributed by atoms with Crippen molar-refractivity contribution in [3.05, 3.63) is 64.6 Å². The number of thioether (sulfide) groups is 1. The van der Waals surface area contributed by atoms with Gasteiger partial charge < -0.3 is 14.8 Å². The van der Waals surface area contributed by atoms with Crippen LogP contribution in [0.3, 0.4) is 0 Å². The Balaban J connectivity index is 1.38. The first-order valence-corrected chi connectivity index (χ1v) is 9.82. The summed E-state index contributed by atoms with van der Waals surface area (Å²) in [5, 5.41) is 2.81. The lowest BCUT2D eigenvalue weighted by molar-refractivity contribution is -0.122. The molecule has 2 amide bonds. The molecule has 2 aliphatic heterocycles. The highest BCUT2D eigenvalue weighted by Crippen LogP contribution is 2.36.